The second-order valence-corrected chi connectivity index (χ2v) is 2.65. The zero-order chi connectivity index (χ0) is 8.53. The highest BCUT2D eigenvalue weighted by atomic mass is 16.4. The smallest absolute Gasteiger partial charge is 0.0755 e. The Morgan fingerprint density at radius 3 is 1.91 bits per heavy atom. The van der Waals surface area contributed by atoms with E-state index in [1.54, 1.807) is 0 Å². The van der Waals surface area contributed by atoms with Crippen LogP contribution in [0.15, 0.2) is 0 Å². The molecule has 0 unspecified atom stereocenters. The first-order valence-corrected chi connectivity index (χ1v) is 4.29. The summed E-state index contributed by atoms with van der Waals surface area (Å²) in [6.07, 6.45) is 4.47. The first kappa shape index (κ1) is 10.4. The number of carboxylic acids is 1. The molecule has 0 amide bonds. The van der Waals surface area contributed by atoms with Gasteiger partial charge in [-0.1, -0.05) is 6.92 Å². The van der Waals surface area contributed by atoms with Gasteiger partial charge >= 0.3 is 0 Å². The van der Waals surface area contributed by atoms with Gasteiger partial charge in [-0.05, 0) is 25.7 Å². The summed E-state index contributed by atoms with van der Waals surface area (Å²) in [6, 6.07) is 0. The van der Waals surface area contributed by atoms with Gasteiger partial charge in [0.25, 0.3) is 0 Å². The highest BCUT2D eigenvalue weighted by molar-refractivity contribution is 5.63. The summed E-state index contributed by atoms with van der Waals surface area (Å²) in [5.41, 5.74) is 0. The molecular weight excluding hydrogens is 142 g/mol. The predicted molar refractivity (Wildman–Crippen MR) is 40.8 cm³/mol. The maximum atomic E-state index is 9.26. The zero-order valence-corrected chi connectivity index (χ0v) is 7.14. The van der Waals surface area contributed by atoms with Gasteiger partial charge < -0.3 is 15.2 Å². The van der Waals surface area contributed by atoms with Crippen LogP contribution in [0.25, 0.3) is 0 Å². The second kappa shape index (κ2) is 7.54. The average molecular weight is 159 g/mol. The molecule has 66 valence electrons. The summed E-state index contributed by atoms with van der Waals surface area (Å²) in [6.45, 7) is 4.29. The molecular formula is C8H17NO2. The van der Waals surface area contributed by atoms with Crippen LogP contribution in [0.3, 0.4) is 0 Å². The fourth-order valence-electron chi connectivity index (χ4n) is 0.898. The van der Waals surface area contributed by atoms with Crippen molar-refractivity contribution in [1.29, 1.82) is 0 Å². The van der Waals surface area contributed by atoms with Gasteiger partial charge in [-0.15, -0.1) is 0 Å². The molecule has 0 atom stereocenters. The summed E-state index contributed by atoms with van der Waals surface area (Å²) in [5.74, 6) is -0.995. The molecule has 2 N–H and O–H groups in total. The molecule has 0 bridgehead atoms. The first-order chi connectivity index (χ1) is 5.27. The van der Waals surface area contributed by atoms with Crippen molar-refractivity contribution >= 4 is 5.97 Å². The van der Waals surface area contributed by atoms with Crippen molar-refractivity contribution in [3.8, 4) is 0 Å². The molecule has 3 nitrogen and oxygen atoms in total. The van der Waals surface area contributed by atoms with Crippen molar-refractivity contribution in [1.82, 2.24) is 0 Å². The van der Waals surface area contributed by atoms with E-state index in [-0.39, 0.29) is 6.42 Å². The minimum Gasteiger partial charge on any atom is -0.550 e. The highest BCUT2D eigenvalue weighted by Crippen LogP contribution is 1.91. The Morgan fingerprint density at radius 2 is 1.82 bits per heavy atom. The first-order valence-electron chi connectivity index (χ1n) is 4.29. The fraction of sp³-hybridized carbons (Fsp3) is 0.875. The van der Waals surface area contributed by atoms with Crippen molar-refractivity contribution in [2.45, 2.75) is 32.6 Å². The van der Waals surface area contributed by atoms with E-state index in [1.807, 2.05) is 0 Å². The van der Waals surface area contributed by atoms with E-state index >= 15 is 0 Å². The van der Waals surface area contributed by atoms with Gasteiger partial charge in [0, 0.05) is 5.97 Å². The van der Waals surface area contributed by atoms with E-state index in [9.17, 15) is 9.90 Å². The van der Waals surface area contributed by atoms with Crippen LogP contribution in [0.1, 0.15) is 32.6 Å². The van der Waals surface area contributed by atoms with Crippen LogP contribution in [-0.2, 0) is 4.79 Å². The van der Waals surface area contributed by atoms with Crippen LogP contribution < -0.4 is 10.4 Å². The maximum absolute atomic E-state index is 9.26. The minimum atomic E-state index is -0.995. The van der Waals surface area contributed by atoms with Gasteiger partial charge in [-0.2, -0.15) is 0 Å². The summed E-state index contributed by atoms with van der Waals surface area (Å²) < 4.78 is 0. The van der Waals surface area contributed by atoms with Crippen molar-refractivity contribution < 1.29 is 15.2 Å². The molecule has 11 heavy (non-hydrogen) atoms. The molecule has 1 rings (SSSR count). The number of carboxylic acid groups (broad SMARTS) is 1. The average Bonchev–Trinajstić information content (AvgIpc) is 2.09. The number of hydrogen-bond acceptors (Lipinski definition) is 2. The summed E-state index contributed by atoms with van der Waals surface area (Å²) in [4.78, 5) is 9.26. The zero-order valence-electron chi connectivity index (χ0n) is 7.14. The van der Waals surface area contributed by atoms with Crippen LogP contribution >= 0.6 is 0 Å². The van der Waals surface area contributed by atoms with Gasteiger partial charge in [-0.3, -0.25) is 0 Å². The van der Waals surface area contributed by atoms with Crippen LogP contribution in [0.5, 0.6) is 0 Å². The molecule has 1 aliphatic heterocycles. The molecule has 0 aromatic rings. The van der Waals surface area contributed by atoms with E-state index in [0.29, 0.717) is 0 Å². The van der Waals surface area contributed by atoms with E-state index in [0.717, 1.165) is 0 Å². The number of rotatable bonds is 1. The van der Waals surface area contributed by atoms with E-state index in [4.69, 9.17) is 0 Å². The van der Waals surface area contributed by atoms with Gasteiger partial charge in [0.1, 0.15) is 0 Å². The molecule has 1 aliphatic rings. The summed E-state index contributed by atoms with van der Waals surface area (Å²) in [5, 5.41) is 11.6. The van der Waals surface area contributed by atoms with Gasteiger partial charge in [-0.25, -0.2) is 0 Å². The van der Waals surface area contributed by atoms with E-state index in [1.165, 1.54) is 39.3 Å². The molecule has 3 heteroatoms. The molecule has 0 aromatic carbocycles. The number of carbonyl (C=O) groups is 1. The van der Waals surface area contributed by atoms with Gasteiger partial charge in [0.15, 0.2) is 0 Å². The van der Waals surface area contributed by atoms with Crippen LogP contribution in [0.4, 0.5) is 0 Å². The molecule has 0 radical (unpaired) electrons. The molecule has 1 fully saturated rings. The Bertz CT molecular complexity index is 88.8. The van der Waals surface area contributed by atoms with Crippen molar-refractivity contribution in [3.63, 3.8) is 0 Å². The molecule has 1 saturated heterocycles. The lowest BCUT2D eigenvalue weighted by atomic mass is 10.2. The standard InChI is InChI=1S/C5H11N.C3H6O2/c1-2-4-6-5-3-1;1-2-3(4)5/h6H,1-5H2;2H2,1H3,(H,4,5). The third kappa shape index (κ3) is 9.43. The number of aliphatic carboxylic acids is 1. The third-order valence-electron chi connectivity index (χ3n) is 1.61. The molecule has 0 saturated carbocycles. The van der Waals surface area contributed by atoms with Crippen molar-refractivity contribution in [2.24, 2.45) is 0 Å². The molecule has 0 aliphatic carbocycles. The van der Waals surface area contributed by atoms with Crippen LogP contribution in [-0.4, -0.2) is 19.1 Å². The topological polar surface area (TPSA) is 56.7 Å². The SMILES string of the molecule is C1CC[NH2+]CC1.CCC(=O)[O-]. The predicted octanol–water partition coefficient (Wildman–Crippen LogP) is -1.12. The normalized spacial score (nSPS) is 16.5. The molecule has 0 spiro atoms. The highest BCUT2D eigenvalue weighted by Gasteiger charge is 1.97. The van der Waals surface area contributed by atoms with Crippen LogP contribution in [0, 0.1) is 0 Å². The summed E-state index contributed by atoms with van der Waals surface area (Å²) >= 11 is 0. The Kier molecular flexibility index (Phi) is 7.15. The lowest BCUT2D eigenvalue weighted by Gasteiger charge is -2.05. The Labute approximate surface area is 67.8 Å². The number of carbonyl (C=O) groups excluding carboxylic acids is 1. The quantitative estimate of drug-likeness (QED) is 0.527. The fourth-order valence-corrected chi connectivity index (χ4v) is 0.898. The van der Waals surface area contributed by atoms with Gasteiger partial charge in [0.05, 0.1) is 13.1 Å². The van der Waals surface area contributed by atoms with Crippen LogP contribution in [0.2, 0.25) is 0 Å². The van der Waals surface area contributed by atoms with E-state index in [2.05, 4.69) is 5.32 Å². The summed E-state index contributed by atoms with van der Waals surface area (Å²) in [7, 11) is 0. The monoisotopic (exact) mass is 159 g/mol. The third-order valence-corrected chi connectivity index (χ3v) is 1.61. The molecule has 0 aromatic heterocycles. The van der Waals surface area contributed by atoms with Crippen molar-refractivity contribution in [3.05, 3.63) is 0 Å². The maximum Gasteiger partial charge on any atom is 0.0755 e. The Hall–Kier alpha value is -0.570. The van der Waals surface area contributed by atoms with E-state index < -0.39 is 5.97 Å². The molecule has 1 heterocycles. The minimum absolute atomic E-state index is 0.111. The second-order valence-electron chi connectivity index (χ2n) is 2.65. The lowest BCUT2D eigenvalue weighted by molar-refractivity contribution is -0.662. The number of piperidine rings is 1. The Morgan fingerprint density at radius 1 is 1.36 bits per heavy atom. The van der Waals surface area contributed by atoms with Crippen molar-refractivity contribution in [2.75, 3.05) is 13.1 Å². The lowest BCUT2D eigenvalue weighted by Crippen LogP contribution is -2.85. The van der Waals surface area contributed by atoms with Gasteiger partial charge in [0.2, 0.25) is 0 Å². The number of quaternary nitrogens is 1. The number of hydrogen-bond donors (Lipinski definition) is 1. The number of nitrogens with two attached hydrogens (primary N) is 1. The Balaban J connectivity index is 0.000000187. The largest absolute Gasteiger partial charge is 0.550 e.